The first-order valence-corrected chi connectivity index (χ1v) is 14.8. The number of hydrogen-bond acceptors (Lipinski definition) is 8. The number of hydroxylamine groups is 1. The molecule has 11 nitrogen and oxygen atoms in total. The Hall–Kier alpha value is -4.22. The maximum atomic E-state index is 13.3. The van der Waals surface area contributed by atoms with Crippen molar-refractivity contribution < 1.29 is 29.1 Å². The van der Waals surface area contributed by atoms with Crippen molar-refractivity contribution in [2.75, 3.05) is 39.3 Å². The number of carbonyl (C=O) groups excluding carboxylic acids is 3. The predicted octanol–water partition coefficient (Wildman–Crippen LogP) is 3.81. The maximum absolute atomic E-state index is 13.3. The first-order valence-electron chi connectivity index (χ1n) is 14.8. The summed E-state index contributed by atoms with van der Waals surface area (Å²) in [5.41, 5.74) is 4.19. The van der Waals surface area contributed by atoms with Crippen LogP contribution in [0.4, 0.5) is 4.79 Å². The minimum Gasteiger partial charge on any atom is -0.489 e. The molecular weight excluding hydrogens is 550 g/mol. The van der Waals surface area contributed by atoms with Crippen LogP contribution in [0.5, 0.6) is 5.75 Å². The van der Waals surface area contributed by atoms with Crippen LogP contribution >= 0.6 is 0 Å². The lowest BCUT2D eigenvalue weighted by Crippen LogP contribution is -2.57. The van der Waals surface area contributed by atoms with Gasteiger partial charge in [0.15, 0.2) is 0 Å². The zero-order chi connectivity index (χ0) is 30.2. The van der Waals surface area contributed by atoms with Crippen LogP contribution in [0.25, 0.3) is 10.9 Å². The van der Waals surface area contributed by atoms with Crippen molar-refractivity contribution in [1.82, 2.24) is 25.6 Å². The van der Waals surface area contributed by atoms with Gasteiger partial charge < -0.3 is 19.7 Å². The van der Waals surface area contributed by atoms with Gasteiger partial charge in [0, 0.05) is 54.9 Å². The zero-order valence-electron chi connectivity index (χ0n) is 24.5. The molecule has 5 rings (SSSR count). The van der Waals surface area contributed by atoms with Crippen LogP contribution in [-0.2, 0) is 16.1 Å². The number of nitrogens with one attached hydrogen (secondary N) is 2. The number of pyridine rings is 1. The molecule has 1 aromatic heterocycles. The van der Waals surface area contributed by atoms with Gasteiger partial charge in [0.2, 0.25) is 5.91 Å². The molecule has 2 fully saturated rings. The van der Waals surface area contributed by atoms with E-state index in [0.29, 0.717) is 50.4 Å². The lowest BCUT2D eigenvalue weighted by molar-refractivity contribution is -0.131. The number of likely N-dealkylation sites (tertiary alicyclic amines) is 2. The summed E-state index contributed by atoms with van der Waals surface area (Å²) < 4.78 is 11.5. The number of amides is 3. The number of aromatic nitrogens is 1. The monoisotopic (exact) mass is 589 g/mol. The average Bonchev–Trinajstić information content (AvgIpc) is 3.56. The summed E-state index contributed by atoms with van der Waals surface area (Å²) in [4.78, 5) is 46.1. The first-order chi connectivity index (χ1) is 20.8. The number of fused-ring (bicyclic) bond motifs is 1. The molecule has 3 N–H and O–H groups in total. The van der Waals surface area contributed by atoms with Crippen molar-refractivity contribution in [2.45, 2.75) is 51.2 Å². The molecule has 3 amide bonds. The summed E-state index contributed by atoms with van der Waals surface area (Å²) in [5.74, 6) is -0.236. The second-order valence-electron chi connectivity index (χ2n) is 11.3. The Morgan fingerprint density at radius 2 is 1.72 bits per heavy atom. The van der Waals surface area contributed by atoms with E-state index in [-0.39, 0.29) is 25.0 Å². The molecule has 3 aromatic rings. The molecule has 0 aliphatic carbocycles. The number of benzene rings is 2. The molecule has 43 heavy (non-hydrogen) atoms. The Labute approximate surface area is 251 Å². The average molecular weight is 590 g/mol. The normalized spacial score (nSPS) is 16.6. The summed E-state index contributed by atoms with van der Waals surface area (Å²) >= 11 is 0. The summed E-state index contributed by atoms with van der Waals surface area (Å²) in [6.45, 7) is 5.89. The van der Waals surface area contributed by atoms with Crippen molar-refractivity contribution in [3.63, 3.8) is 0 Å². The highest BCUT2D eigenvalue weighted by Crippen LogP contribution is 2.27. The van der Waals surface area contributed by atoms with Gasteiger partial charge in [0.05, 0.1) is 17.5 Å². The minimum absolute atomic E-state index is 0.0481. The Morgan fingerprint density at radius 3 is 2.44 bits per heavy atom. The molecule has 2 saturated heterocycles. The third-order valence-corrected chi connectivity index (χ3v) is 8.25. The summed E-state index contributed by atoms with van der Waals surface area (Å²) in [5, 5.41) is 13.3. The van der Waals surface area contributed by atoms with E-state index < -0.39 is 11.4 Å². The Morgan fingerprint density at radius 1 is 1.00 bits per heavy atom. The maximum Gasteiger partial charge on any atom is 0.409 e. The van der Waals surface area contributed by atoms with Crippen LogP contribution in [0, 0.1) is 6.92 Å². The Balaban J connectivity index is 1.15. The largest absolute Gasteiger partial charge is 0.489 e. The molecule has 0 unspecified atom stereocenters. The molecule has 3 heterocycles. The van der Waals surface area contributed by atoms with Crippen molar-refractivity contribution in [3.8, 4) is 5.75 Å². The van der Waals surface area contributed by atoms with E-state index in [4.69, 9.17) is 9.47 Å². The van der Waals surface area contributed by atoms with E-state index in [0.717, 1.165) is 48.1 Å². The summed E-state index contributed by atoms with van der Waals surface area (Å²) in [6, 6.07) is 16.9. The number of carbonyl (C=O) groups is 3. The van der Waals surface area contributed by atoms with Gasteiger partial charge in [-0.15, -0.1) is 0 Å². The molecule has 11 heteroatoms. The third kappa shape index (κ3) is 7.79. The van der Waals surface area contributed by atoms with Crippen molar-refractivity contribution in [1.29, 1.82) is 0 Å². The smallest absolute Gasteiger partial charge is 0.409 e. The van der Waals surface area contributed by atoms with Crippen LogP contribution in [-0.4, -0.2) is 82.8 Å². The fraction of sp³-hybridized carbons (Fsp3) is 0.438. The van der Waals surface area contributed by atoms with E-state index in [1.807, 2.05) is 37.3 Å². The molecule has 2 aromatic carbocycles. The van der Waals surface area contributed by atoms with Crippen LogP contribution < -0.4 is 15.5 Å². The van der Waals surface area contributed by atoms with Crippen molar-refractivity contribution in [3.05, 3.63) is 71.4 Å². The topological polar surface area (TPSA) is 133 Å². The molecule has 2 aliphatic rings. The van der Waals surface area contributed by atoms with Gasteiger partial charge in [0.1, 0.15) is 19.0 Å². The molecule has 0 atom stereocenters. The van der Waals surface area contributed by atoms with Crippen LogP contribution in [0.15, 0.2) is 54.6 Å². The Bertz CT molecular complexity index is 1430. The number of para-hydroxylation sites is 1. The number of rotatable bonds is 10. The third-order valence-electron chi connectivity index (χ3n) is 8.25. The fourth-order valence-corrected chi connectivity index (χ4v) is 5.84. The predicted molar refractivity (Wildman–Crippen MR) is 160 cm³/mol. The van der Waals surface area contributed by atoms with E-state index in [1.165, 1.54) is 0 Å². The van der Waals surface area contributed by atoms with Gasteiger partial charge in [-0.3, -0.25) is 24.7 Å². The first kappa shape index (κ1) is 30.2. The van der Waals surface area contributed by atoms with Crippen LogP contribution in [0.1, 0.15) is 53.7 Å². The van der Waals surface area contributed by atoms with Crippen LogP contribution in [0.2, 0.25) is 0 Å². The molecule has 0 bridgehead atoms. The number of ether oxygens (including phenoxy) is 2. The highest BCUT2D eigenvalue weighted by Gasteiger charge is 2.38. The molecule has 0 saturated carbocycles. The van der Waals surface area contributed by atoms with Crippen molar-refractivity contribution in [2.24, 2.45) is 0 Å². The molecule has 228 valence electrons. The fourth-order valence-electron chi connectivity index (χ4n) is 5.84. The van der Waals surface area contributed by atoms with Gasteiger partial charge in [-0.1, -0.05) is 18.2 Å². The highest BCUT2D eigenvalue weighted by molar-refractivity contribution is 5.95. The number of nitrogens with zero attached hydrogens (tertiary/aromatic N) is 3. The lowest BCUT2D eigenvalue weighted by Gasteiger charge is -2.42. The van der Waals surface area contributed by atoms with E-state index in [1.54, 1.807) is 34.6 Å². The quantitative estimate of drug-likeness (QED) is 0.240. The van der Waals surface area contributed by atoms with Gasteiger partial charge in [-0.25, -0.2) is 10.3 Å². The lowest BCUT2D eigenvalue weighted by atomic mass is 9.83. The minimum atomic E-state index is -0.817. The van der Waals surface area contributed by atoms with Gasteiger partial charge in [0.25, 0.3) is 5.91 Å². The molecular formula is C32H39N5O6. The molecule has 0 spiro atoms. The number of hydrogen-bond donors (Lipinski definition) is 3. The second-order valence-corrected chi connectivity index (χ2v) is 11.3. The van der Waals surface area contributed by atoms with E-state index >= 15 is 0 Å². The SMILES string of the molecule is Cc1cc(COc2ccc(C(=O)NC3(CC(=O)NO)CCN(CCOC(=O)N4CCCC4)CC3)cc2)c2ccccc2n1. The van der Waals surface area contributed by atoms with E-state index in [9.17, 15) is 19.6 Å². The van der Waals surface area contributed by atoms with Crippen molar-refractivity contribution >= 4 is 28.8 Å². The summed E-state index contributed by atoms with van der Waals surface area (Å²) in [7, 11) is 0. The molecule has 0 radical (unpaired) electrons. The number of aryl methyl sites for hydroxylation is 1. The molecule has 2 aliphatic heterocycles. The second kappa shape index (κ2) is 13.8. The van der Waals surface area contributed by atoms with Crippen LogP contribution in [0.3, 0.4) is 0 Å². The van der Waals surface area contributed by atoms with Gasteiger partial charge in [-0.05, 0) is 69.0 Å². The van der Waals surface area contributed by atoms with E-state index in [2.05, 4.69) is 15.2 Å². The summed E-state index contributed by atoms with van der Waals surface area (Å²) in [6.07, 6.45) is 2.72. The highest BCUT2D eigenvalue weighted by atomic mass is 16.6. The number of piperidine rings is 1. The van der Waals surface area contributed by atoms with Gasteiger partial charge >= 0.3 is 6.09 Å². The van der Waals surface area contributed by atoms with Gasteiger partial charge in [-0.2, -0.15) is 0 Å². The zero-order valence-corrected chi connectivity index (χ0v) is 24.5. The Kier molecular flexibility index (Phi) is 9.73. The standard InChI is InChI=1S/C32H39N5O6/c1-23-20-25(27-6-2-3-7-28(27)33-23)22-43-26-10-8-24(9-11-26)30(39)34-32(21-29(38)35-41)12-16-36(17-13-32)18-19-42-31(40)37-14-4-5-15-37/h2-3,6-11,20,41H,4-5,12-19,21-22H2,1H3,(H,34,39)(H,35,38).